The summed E-state index contributed by atoms with van der Waals surface area (Å²) in [6.45, 7) is 3.48. The Balaban J connectivity index is 2.76. The molecule has 0 saturated heterocycles. The van der Waals surface area contributed by atoms with E-state index in [1.165, 1.54) is 11.8 Å². The molecule has 0 heterocycles. The van der Waals surface area contributed by atoms with E-state index in [9.17, 15) is 9.59 Å². The molecule has 2 N–H and O–H groups in total. The Labute approximate surface area is 124 Å². The van der Waals surface area contributed by atoms with Crippen molar-refractivity contribution in [2.24, 2.45) is 0 Å². The second-order valence-corrected chi connectivity index (χ2v) is 4.69. The molecule has 0 bridgehead atoms. The molecule has 116 valence electrons. The van der Waals surface area contributed by atoms with Gasteiger partial charge in [-0.1, -0.05) is 12.1 Å². The summed E-state index contributed by atoms with van der Waals surface area (Å²) < 4.78 is 5.08. The molecular weight excluding hydrogens is 272 g/mol. The van der Waals surface area contributed by atoms with Crippen LogP contribution in [0.3, 0.4) is 0 Å². The van der Waals surface area contributed by atoms with Gasteiger partial charge in [0.1, 0.15) is 11.8 Å². The van der Waals surface area contributed by atoms with E-state index in [1.54, 1.807) is 14.0 Å². The summed E-state index contributed by atoms with van der Waals surface area (Å²) in [5.74, 6) is 0.270. The molecule has 0 fully saturated rings. The molecule has 0 aromatic heterocycles. The lowest BCUT2D eigenvalue weighted by atomic mass is 10.1. The van der Waals surface area contributed by atoms with E-state index in [2.05, 4.69) is 5.32 Å². The summed E-state index contributed by atoms with van der Waals surface area (Å²) in [5.41, 5.74) is 0.910. The summed E-state index contributed by atoms with van der Waals surface area (Å²) in [6, 6.07) is 6.73. The summed E-state index contributed by atoms with van der Waals surface area (Å²) in [6.07, 6.45) is 0. The SMILES string of the molecule is COc1ccc(CN(C(C)=O)C(C)C(=O)NCCO)cc1. The standard InChI is InChI=1S/C15H22N2O4/c1-11(15(20)16-8-9-18)17(12(2)19)10-13-4-6-14(21-3)7-5-13/h4-7,11,18H,8-10H2,1-3H3,(H,16,20). The van der Waals surface area contributed by atoms with Crippen molar-refractivity contribution in [2.75, 3.05) is 20.3 Å². The van der Waals surface area contributed by atoms with Crippen molar-refractivity contribution < 1.29 is 19.4 Å². The molecule has 0 aliphatic carbocycles. The number of aliphatic hydroxyl groups excluding tert-OH is 1. The van der Waals surface area contributed by atoms with Crippen LogP contribution >= 0.6 is 0 Å². The number of rotatable bonds is 7. The topological polar surface area (TPSA) is 78.9 Å². The Morgan fingerprint density at radius 1 is 1.33 bits per heavy atom. The zero-order chi connectivity index (χ0) is 15.8. The fourth-order valence-corrected chi connectivity index (χ4v) is 1.92. The van der Waals surface area contributed by atoms with Gasteiger partial charge in [-0.05, 0) is 24.6 Å². The second-order valence-electron chi connectivity index (χ2n) is 4.69. The lowest BCUT2D eigenvalue weighted by Crippen LogP contribution is -2.47. The van der Waals surface area contributed by atoms with E-state index in [0.29, 0.717) is 6.54 Å². The fourth-order valence-electron chi connectivity index (χ4n) is 1.92. The smallest absolute Gasteiger partial charge is 0.242 e. The third kappa shape index (κ3) is 5.07. The van der Waals surface area contributed by atoms with Gasteiger partial charge in [-0.25, -0.2) is 0 Å². The van der Waals surface area contributed by atoms with E-state index in [0.717, 1.165) is 11.3 Å². The van der Waals surface area contributed by atoms with Crippen LogP contribution in [-0.4, -0.2) is 48.1 Å². The van der Waals surface area contributed by atoms with Gasteiger partial charge in [-0.15, -0.1) is 0 Å². The zero-order valence-electron chi connectivity index (χ0n) is 12.6. The molecule has 1 aromatic rings. The zero-order valence-corrected chi connectivity index (χ0v) is 12.6. The highest BCUT2D eigenvalue weighted by Crippen LogP contribution is 2.14. The highest BCUT2D eigenvalue weighted by atomic mass is 16.5. The van der Waals surface area contributed by atoms with E-state index in [4.69, 9.17) is 9.84 Å². The minimum Gasteiger partial charge on any atom is -0.497 e. The molecule has 6 heteroatoms. The van der Waals surface area contributed by atoms with Gasteiger partial charge < -0.3 is 20.1 Å². The van der Waals surface area contributed by atoms with Gasteiger partial charge in [0.15, 0.2) is 0 Å². The molecule has 1 atom stereocenters. The minimum atomic E-state index is -0.601. The number of benzene rings is 1. The number of hydrogen-bond acceptors (Lipinski definition) is 4. The van der Waals surface area contributed by atoms with Gasteiger partial charge >= 0.3 is 0 Å². The maximum Gasteiger partial charge on any atom is 0.242 e. The van der Waals surface area contributed by atoms with E-state index in [-0.39, 0.29) is 25.0 Å². The largest absolute Gasteiger partial charge is 0.497 e. The summed E-state index contributed by atoms with van der Waals surface area (Å²) >= 11 is 0. The van der Waals surface area contributed by atoms with Crippen molar-refractivity contribution in [3.8, 4) is 5.75 Å². The molecule has 0 radical (unpaired) electrons. The van der Waals surface area contributed by atoms with Crippen LogP contribution in [0.25, 0.3) is 0 Å². The first-order chi connectivity index (χ1) is 9.99. The Bertz CT molecular complexity index is 473. The number of hydrogen-bond donors (Lipinski definition) is 2. The quantitative estimate of drug-likeness (QED) is 0.769. The van der Waals surface area contributed by atoms with Crippen molar-refractivity contribution in [2.45, 2.75) is 26.4 Å². The van der Waals surface area contributed by atoms with Crippen LogP contribution in [-0.2, 0) is 16.1 Å². The van der Waals surface area contributed by atoms with Crippen LogP contribution in [0, 0.1) is 0 Å². The van der Waals surface area contributed by atoms with Crippen molar-refractivity contribution in [1.82, 2.24) is 10.2 Å². The van der Waals surface area contributed by atoms with Gasteiger partial charge in [-0.3, -0.25) is 9.59 Å². The van der Waals surface area contributed by atoms with E-state index in [1.807, 2.05) is 24.3 Å². The van der Waals surface area contributed by atoms with Gasteiger partial charge in [0.25, 0.3) is 0 Å². The number of methoxy groups -OCH3 is 1. The van der Waals surface area contributed by atoms with Crippen molar-refractivity contribution >= 4 is 11.8 Å². The van der Waals surface area contributed by atoms with Gasteiger partial charge in [0.05, 0.1) is 13.7 Å². The van der Waals surface area contributed by atoms with Crippen molar-refractivity contribution in [3.05, 3.63) is 29.8 Å². The van der Waals surface area contributed by atoms with Crippen LogP contribution in [0.15, 0.2) is 24.3 Å². The molecule has 0 aliphatic heterocycles. The number of aliphatic hydroxyl groups is 1. The van der Waals surface area contributed by atoms with Crippen LogP contribution in [0.2, 0.25) is 0 Å². The average molecular weight is 294 g/mol. The highest BCUT2D eigenvalue weighted by molar-refractivity contribution is 5.86. The molecule has 0 saturated carbocycles. The number of nitrogens with one attached hydrogen (secondary N) is 1. The maximum absolute atomic E-state index is 11.9. The number of carbonyl (C=O) groups is 2. The molecular formula is C15H22N2O4. The average Bonchev–Trinajstić information content (AvgIpc) is 2.49. The molecule has 1 unspecified atom stereocenters. The van der Waals surface area contributed by atoms with Crippen molar-refractivity contribution in [1.29, 1.82) is 0 Å². The molecule has 2 amide bonds. The van der Waals surface area contributed by atoms with Gasteiger partial charge in [0.2, 0.25) is 11.8 Å². The number of carbonyl (C=O) groups excluding carboxylic acids is 2. The van der Waals surface area contributed by atoms with Gasteiger partial charge in [-0.2, -0.15) is 0 Å². The Morgan fingerprint density at radius 3 is 2.43 bits per heavy atom. The Hall–Kier alpha value is -2.08. The molecule has 0 aliphatic rings. The maximum atomic E-state index is 11.9. The van der Waals surface area contributed by atoms with Gasteiger partial charge in [0, 0.05) is 20.0 Å². The normalized spacial score (nSPS) is 11.6. The fraction of sp³-hybridized carbons (Fsp3) is 0.467. The first-order valence-electron chi connectivity index (χ1n) is 6.78. The number of nitrogens with zero attached hydrogens (tertiary/aromatic N) is 1. The Morgan fingerprint density at radius 2 is 1.95 bits per heavy atom. The molecule has 1 rings (SSSR count). The second kappa shape index (κ2) is 8.26. The first-order valence-corrected chi connectivity index (χ1v) is 6.78. The monoisotopic (exact) mass is 294 g/mol. The third-order valence-electron chi connectivity index (χ3n) is 3.17. The van der Waals surface area contributed by atoms with Crippen LogP contribution < -0.4 is 10.1 Å². The van der Waals surface area contributed by atoms with Crippen LogP contribution in [0.5, 0.6) is 5.75 Å². The summed E-state index contributed by atoms with van der Waals surface area (Å²) in [7, 11) is 1.59. The minimum absolute atomic E-state index is 0.128. The van der Waals surface area contributed by atoms with E-state index < -0.39 is 6.04 Å². The summed E-state index contributed by atoms with van der Waals surface area (Å²) in [4.78, 5) is 25.1. The predicted octanol–water partition coefficient (Wildman–Crippen LogP) is 0.541. The van der Waals surface area contributed by atoms with E-state index >= 15 is 0 Å². The number of amides is 2. The lowest BCUT2D eigenvalue weighted by Gasteiger charge is -2.27. The highest BCUT2D eigenvalue weighted by Gasteiger charge is 2.23. The third-order valence-corrected chi connectivity index (χ3v) is 3.17. The Kier molecular flexibility index (Phi) is 6.68. The van der Waals surface area contributed by atoms with Crippen molar-refractivity contribution in [3.63, 3.8) is 0 Å². The van der Waals surface area contributed by atoms with Crippen LogP contribution in [0.1, 0.15) is 19.4 Å². The van der Waals surface area contributed by atoms with Crippen LogP contribution in [0.4, 0.5) is 0 Å². The molecule has 1 aromatic carbocycles. The predicted molar refractivity (Wildman–Crippen MR) is 78.8 cm³/mol. The number of ether oxygens (including phenoxy) is 1. The summed E-state index contributed by atoms with van der Waals surface area (Å²) in [5, 5.41) is 11.3. The first kappa shape index (κ1) is 17.0. The molecule has 21 heavy (non-hydrogen) atoms. The molecule has 0 spiro atoms. The lowest BCUT2D eigenvalue weighted by molar-refractivity contribution is -0.139. The molecule has 6 nitrogen and oxygen atoms in total.